The number of carbonyl (C=O) groups excluding carboxylic acids is 1. The van der Waals surface area contributed by atoms with E-state index in [9.17, 15) is 13.2 Å². The summed E-state index contributed by atoms with van der Waals surface area (Å²) in [7, 11) is 1.52. The van der Waals surface area contributed by atoms with E-state index < -0.39 is 16.1 Å². The zero-order chi connectivity index (χ0) is 15.6. The SMILES string of the molecule is CN1CCN(S(=O)(=O)c2ccccc2)C(C(=O)N(C)C)C1. The summed E-state index contributed by atoms with van der Waals surface area (Å²) in [5.74, 6) is -0.193. The number of benzene rings is 1. The molecule has 0 N–H and O–H groups in total. The molecule has 1 aliphatic heterocycles. The van der Waals surface area contributed by atoms with E-state index >= 15 is 0 Å². The Kier molecular flexibility index (Phi) is 4.65. The first-order valence-corrected chi connectivity index (χ1v) is 8.24. The van der Waals surface area contributed by atoms with Gasteiger partial charge in [-0.25, -0.2) is 8.42 Å². The number of carbonyl (C=O) groups is 1. The number of nitrogens with zero attached hydrogens (tertiary/aromatic N) is 3. The van der Waals surface area contributed by atoms with Gasteiger partial charge in [-0.05, 0) is 19.2 Å². The topological polar surface area (TPSA) is 60.9 Å². The Balaban J connectivity index is 2.37. The van der Waals surface area contributed by atoms with Gasteiger partial charge in [0, 0.05) is 33.7 Å². The average Bonchev–Trinajstić information content (AvgIpc) is 2.47. The summed E-state index contributed by atoms with van der Waals surface area (Å²) in [4.78, 5) is 16.0. The lowest BCUT2D eigenvalue weighted by Crippen LogP contribution is -2.59. The van der Waals surface area contributed by atoms with E-state index in [0.717, 1.165) is 0 Å². The van der Waals surface area contributed by atoms with Crippen LogP contribution in [0.4, 0.5) is 0 Å². The molecular formula is C14H21N3O3S. The van der Waals surface area contributed by atoms with Crippen LogP contribution in [0.5, 0.6) is 0 Å². The molecule has 0 aliphatic carbocycles. The zero-order valence-electron chi connectivity index (χ0n) is 12.6. The molecule has 0 aromatic heterocycles. The van der Waals surface area contributed by atoms with E-state index in [0.29, 0.717) is 19.6 Å². The Hall–Kier alpha value is -1.44. The van der Waals surface area contributed by atoms with Crippen LogP contribution in [0.3, 0.4) is 0 Å². The molecule has 0 saturated carbocycles. The van der Waals surface area contributed by atoms with Crippen LogP contribution in [-0.2, 0) is 14.8 Å². The van der Waals surface area contributed by atoms with E-state index in [2.05, 4.69) is 0 Å². The highest BCUT2D eigenvalue weighted by molar-refractivity contribution is 7.89. The Labute approximate surface area is 126 Å². The first kappa shape index (κ1) is 15.9. The molecule has 1 aromatic carbocycles. The number of piperazine rings is 1. The molecule has 116 valence electrons. The molecule has 1 saturated heterocycles. The maximum absolute atomic E-state index is 12.8. The van der Waals surface area contributed by atoms with Gasteiger partial charge in [-0.1, -0.05) is 18.2 Å². The fraction of sp³-hybridized carbons (Fsp3) is 0.500. The van der Waals surface area contributed by atoms with Gasteiger partial charge in [-0.2, -0.15) is 4.31 Å². The van der Waals surface area contributed by atoms with Gasteiger partial charge in [-0.3, -0.25) is 4.79 Å². The van der Waals surface area contributed by atoms with Gasteiger partial charge in [0.1, 0.15) is 6.04 Å². The van der Waals surface area contributed by atoms with Gasteiger partial charge in [0.25, 0.3) is 0 Å². The minimum Gasteiger partial charge on any atom is -0.347 e. The number of rotatable bonds is 3. The lowest BCUT2D eigenvalue weighted by molar-refractivity contribution is -0.134. The first-order valence-electron chi connectivity index (χ1n) is 6.80. The standard InChI is InChI=1S/C14H21N3O3S/c1-15(2)14(18)13-11-16(3)9-10-17(13)21(19,20)12-7-5-4-6-8-12/h4-8,13H,9-11H2,1-3H3. The summed E-state index contributed by atoms with van der Waals surface area (Å²) in [6.07, 6.45) is 0. The van der Waals surface area contributed by atoms with Crippen molar-refractivity contribution in [1.82, 2.24) is 14.1 Å². The molecule has 7 heteroatoms. The number of hydrogen-bond acceptors (Lipinski definition) is 4. The van der Waals surface area contributed by atoms with Gasteiger partial charge in [-0.15, -0.1) is 0 Å². The van der Waals surface area contributed by atoms with E-state index in [4.69, 9.17) is 0 Å². The number of likely N-dealkylation sites (N-methyl/N-ethyl adjacent to an activating group) is 2. The molecule has 1 atom stereocenters. The first-order chi connectivity index (χ1) is 9.84. The third kappa shape index (κ3) is 3.25. The van der Waals surface area contributed by atoms with Crippen molar-refractivity contribution < 1.29 is 13.2 Å². The van der Waals surface area contributed by atoms with Crippen molar-refractivity contribution >= 4 is 15.9 Å². The molecule has 0 spiro atoms. The van der Waals surface area contributed by atoms with Crippen molar-refractivity contribution in [2.24, 2.45) is 0 Å². The van der Waals surface area contributed by atoms with Crippen molar-refractivity contribution in [3.63, 3.8) is 0 Å². The monoisotopic (exact) mass is 311 g/mol. The fourth-order valence-electron chi connectivity index (χ4n) is 2.42. The van der Waals surface area contributed by atoms with Crippen molar-refractivity contribution in [2.45, 2.75) is 10.9 Å². The Bertz CT molecular complexity index is 601. The summed E-state index contributed by atoms with van der Waals surface area (Å²) in [6, 6.07) is 7.59. The molecule has 6 nitrogen and oxygen atoms in total. The lowest BCUT2D eigenvalue weighted by atomic mass is 10.2. The highest BCUT2D eigenvalue weighted by atomic mass is 32.2. The van der Waals surface area contributed by atoms with Crippen LogP contribution in [0.15, 0.2) is 35.2 Å². The van der Waals surface area contributed by atoms with Gasteiger partial charge >= 0.3 is 0 Å². The molecule has 1 heterocycles. The van der Waals surface area contributed by atoms with Gasteiger partial charge in [0.15, 0.2) is 0 Å². The molecule has 0 radical (unpaired) electrons. The smallest absolute Gasteiger partial charge is 0.243 e. The summed E-state index contributed by atoms with van der Waals surface area (Å²) < 4.78 is 26.9. The van der Waals surface area contributed by atoms with Crippen LogP contribution in [0.25, 0.3) is 0 Å². The van der Waals surface area contributed by atoms with Crippen molar-refractivity contribution in [3.05, 3.63) is 30.3 Å². The van der Waals surface area contributed by atoms with Crippen molar-refractivity contribution in [3.8, 4) is 0 Å². The summed E-state index contributed by atoms with van der Waals surface area (Å²) >= 11 is 0. The second-order valence-corrected chi connectivity index (χ2v) is 7.33. The van der Waals surface area contributed by atoms with Gasteiger partial charge in [0.05, 0.1) is 4.90 Å². The van der Waals surface area contributed by atoms with Crippen LogP contribution >= 0.6 is 0 Å². The number of hydrogen-bond donors (Lipinski definition) is 0. The minimum absolute atomic E-state index is 0.193. The van der Waals surface area contributed by atoms with Crippen molar-refractivity contribution in [1.29, 1.82) is 0 Å². The third-order valence-corrected chi connectivity index (χ3v) is 5.53. The number of sulfonamides is 1. The second kappa shape index (κ2) is 6.13. The molecule has 1 aromatic rings. The molecule has 1 aliphatic rings. The quantitative estimate of drug-likeness (QED) is 0.793. The van der Waals surface area contributed by atoms with Gasteiger partial charge in [0.2, 0.25) is 15.9 Å². The van der Waals surface area contributed by atoms with E-state index in [1.165, 1.54) is 9.21 Å². The van der Waals surface area contributed by atoms with Crippen molar-refractivity contribution in [2.75, 3.05) is 40.8 Å². The molecular weight excluding hydrogens is 290 g/mol. The summed E-state index contributed by atoms with van der Waals surface area (Å²) in [5.41, 5.74) is 0. The maximum atomic E-state index is 12.8. The number of amides is 1. The zero-order valence-corrected chi connectivity index (χ0v) is 13.4. The molecule has 2 rings (SSSR count). The van der Waals surface area contributed by atoms with Crippen LogP contribution in [-0.4, -0.2) is 75.2 Å². The average molecular weight is 311 g/mol. The normalized spacial score (nSPS) is 21.2. The molecule has 1 fully saturated rings. The van der Waals surface area contributed by atoms with E-state index in [-0.39, 0.29) is 10.8 Å². The molecule has 21 heavy (non-hydrogen) atoms. The Morgan fingerprint density at radius 3 is 2.38 bits per heavy atom. The predicted molar refractivity (Wildman–Crippen MR) is 80.3 cm³/mol. The Morgan fingerprint density at radius 2 is 1.81 bits per heavy atom. The highest BCUT2D eigenvalue weighted by Crippen LogP contribution is 2.21. The second-order valence-electron chi connectivity index (χ2n) is 5.44. The predicted octanol–water partition coefficient (Wildman–Crippen LogP) is 0.0795. The van der Waals surface area contributed by atoms with Crippen LogP contribution in [0, 0.1) is 0 Å². The summed E-state index contributed by atoms with van der Waals surface area (Å²) in [5, 5.41) is 0. The van der Waals surface area contributed by atoms with E-state index in [1.54, 1.807) is 44.4 Å². The minimum atomic E-state index is -3.65. The molecule has 1 unspecified atom stereocenters. The fourth-order valence-corrected chi connectivity index (χ4v) is 4.00. The largest absolute Gasteiger partial charge is 0.347 e. The van der Waals surface area contributed by atoms with Gasteiger partial charge < -0.3 is 9.80 Å². The summed E-state index contributed by atoms with van der Waals surface area (Å²) in [6.45, 7) is 1.34. The van der Waals surface area contributed by atoms with Crippen LogP contribution < -0.4 is 0 Å². The molecule has 1 amide bonds. The third-order valence-electron chi connectivity index (χ3n) is 3.61. The van der Waals surface area contributed by atoms with Crippen LogP contribution in [0.2, 0.25) is 0 Å². The molecule has 0 bridgehead atoms. The van der Waals surface area contributed by atoms with E-state index in [1.807, 2.05) is 11.9 Å². The lowest BCUT2D eigenvalue weighted by Gasteiger charge is -2.39. The highest BCUT2D eigenvalue weighted by Gasteiger charge is 2.39. The Morgan fingerprint density at radius 1 is 1.19 bits per heavy atom. The van der Waals surface area contributed by atoms with Crippen LogP contribution in [0.1, 0.15) is 0 Å². The maximum Gasteiger partial charge on any atom is 0.243 e.